The number of carbonyl (C=O) groups excluding carboxylic acids is 2. The van der Waals surface area contributed by atoms with Crippen LogP contribution in [-0.4, -0.2) is 29.1 Å². The lowest BCUT2D eigenvalue weighted by Crippen LogP contribution is -2.54. The molecule has 27 heavy (non-hydrogen) atoms. The molecule has 2 N–H and O–H groups in total. The van der Waals surface area contributed by atoms with Gasteiger partial charge >= 0.3 is 0 Å². The fourth-order valence-electron chi connectivity index (χ4n) is 2.69. The molecule has 1 saturated heterocycles. The lowest BCUT2D eigenvalue weighted by Gasteiger charge is -2.30. The van der Waals surface area contributed by atoms with E-state index in [9.17, 15) is 14.7 Å². The molecule has 0 aliphatic carbocycles. The maximum absolute atomic E-state index is 13.0. The number of nitrogens with zero attached hydrogens (tertiary/aromatic N) is 1. The van der Waals surface area contributed by atoms with Gasteiger partial charge < -0.3 is 9.84 Å². The van der Waals surface area contributed by atoms with Crippen LogP contribution in [-0.2, 0) is 9.59 Å². The molecule has 2 amide bonds. The van der Waals surface area contributed by atoms with Gasteiger partial charge in [0, 0.05) is 0 Å². The Morgan fingerprint density at radius 2 is 1.96 bits per heavy atom. The van der Waals surface area contributed by atoms with Crippen LogP contribution < -0.4 is 15.0 Å². The number of methoxy groups -OCH3 is 1. The van der Waals surface area contributed by atoms with Crippen molar-refractivity contribution in [2.75, 3.05) is 12.0 Å². The van der Waals surface area contributed by atoms with E-state index in [4.69, 9.17) is 17.0 Å². The van der Waals surface area contributed by atoms with Gasteiger partial charge in [-0.2, -0.15) is 0 Å². The third-order valence-electron chi connectivity index (χ3n) is 4.04. The number of halogens is 1. The van der Waals surface area contributed by atoms with Crippen molar-refractivity contribution in [3.63, 3.8) is 0 Å². The number of phenolic OH excluding ortho intramolecular Hbond substituents is 1. The summed E-state index contributed by atoms with van der Waals surface area (Å²) in [5.41, 5.74) is 1.87. The molecule has 6 nitrogen and oxygen atoms in total. The fourth-order valence-corrected chi connectivity index (χ4v) is 3.42. The van der Waals surface area contributed by atoms with Gasteiger partial charge in [-0.15, -0.1) is 0 Å². The van der Waals surface area contributed by atoms with E-state index in [2.05, 4.69) is 21.2 Å². The second-order valence-electron chi connectivity index (χ2n) is 5.80. The summed E-state index contributed by atoms with van der Waals surface area (Å²) in [6.45, 7) is 1.85. The number of amides is 2. The van der Waals surface area contributed by atoms with Gasteiger partial charge in [-0.3, -0.25) is 19.8 Å². The van der Waals surface area contributed by atoms with Crippen molar-refractivity contribution in [3.05, 3.63) is 57.6 Å². The van der Waals surface area contributed by atoms with Crippen molar-refractivity contribution in [2.24, 2.45) is 0 Å². The van der Waals surface area contributed by atoms with Gasteiger partial charge in [-0.25, -0.2) is 0 Å². The van der Waals surface area contributed by atoms with Gasteiger partial charge in [-0.1, -0.05) is 18.2 Å². The van der Waals surface area contributed by atoms with Gasteiger partial charge in [-0.05, 0) is 70.5 Å². The van der Waals surface area contributed by atoms with Crippen LogP contribution in [0, 0.1) is 6.92 Å². The lowest BCUT2D eigenvalue weighted by atomic mass is 10.1. The monoisotopic (exact) mass is 446 g/mol. The molecule has 0 aromatic heterocycles. The number of aromatic hydroxyl groups is 1. The summed E-state index contributed by atoms with van der Waals surface area (Å²) in [5, 5.41) is 12.5. The number of thiocarbonyl (C=S) groups is 1. The Kier molecular flexibility index (Phi) is 5.29. The molecule has 0 saturated carbocycles. The second-order valence-corrected chi connectivity index (χ2v) is 7.04. The molecule has 1 fully saturated rings. The van der Waals surface area contributed by atoms with Crippen molar-refractivity contribution < 1.29 is 19.4 Å². The van der Waals surface area contributed by atoms with Crippen LogP contribution in [0.1, 0.15) is 11.1 Å². The number of carbonyl (C=O) groups is 2. The van der Waals surface area contributed by atoms with E-state index in [0.29, 0.717) is 15.7 Å². The molecule has 0 unspecified atom stereocenters. The number of hydrogen-bond donors (Lipinski definition) is 2. The number of aryl methyl sites for hydroxylation is 1. The van der Waals surface area contributed by atoms with E-state index in [1.54, 1.807) is 18.2 Å². The number of para-hydroxylation sites is 1. The molecule has 0 radical (unpaired) electrons. The van der Waals surface area contributed by atoms with E-state index in [0.717, 1.165) is 5.56 Å². The largest absolute Gasteiger partial charge is 0.503 e. The predicted octanol–water partition coefficient (Wildman–Crippen LogP) is 3.30. The Morgan fingerprint density at radius 1 is 1.26 bits per heavy atom. The molecule has 1 heterocycles. The predicted molar refractivity (Wildman–Crippen MR) is 110 cm³/mol. The summed E-state index contributed by atoms with van der Waals surface area (Å²) < 4.78 is 5.48. The average Bonchev–Trinajstić information content (AvgIpc) is 2.62. The Balaban J connectivity index is 2.08. The molecule has 8 heteroatoms. The van der Waals surface area contributed by atoms with Crippen molar-refractivity contribution in [1.82, 2.24) is 5.32 Å². The molecule has 138 valence electrons. The van der Waals surface area contributed by atoms with Gasteiger partial charge in [0.2, 0.25) is 0 Å². The van der Waals surface area contributed by atoms with Gasteiger partial charge in [0.1, 0.15) is 5.57 Å². The minimum atomic E-state index is -0.585. The van der Waals surface area contributed by atoms with Crippen LogP contribution >= 0.6 is 28.1 Å². The Bertz CT molecular complexity index is 1000. The Morgan fingerprint density at radius 3 is 2.63 bits per heavy atom. The standard InChI is InChI=1S/C19H15BrN2O4S/c1-10-5-3-4-6-14(10)22-18(25)12(17(24)21-19(22)27)7-11-8-13(20)16(23)15(9-11)26-2/h3-9,23H,1-2H3,(H,21,24,27)/b12-7+. The van der Waals surface area contributed by atoms with Gasteiger partial charge in [0.05, 0.1) is 17.3 Å². The summed E-state index contributed by atoms with van der Waals surface area (Å²) in [7, 11) is 1.41. The molecule has 0 bridgehead atoms. The van der Waals surface area contributed by atoms with Crippen LogP contribution in [0.15, 0.2) is 46.4 Å². The zero-order valence-electron chi connectivity index (χ0n) is 14.4. The molecular weight excluding hydrogens is 432 g/mol. The maximum atomic E-state index is 13.0. The molecule has 1 aliphatic heterocycles. The van der Waals surface area contributed by atoms with Crippen molar-refractivity contribution in [1.29, 1.82) is 0 Å². The first kappa shape index (κ1) is 19.1. The summed E-state index contributed by atoms with van der Waals surface area (Å²) in [6.07, 6.45) is 1.43. The Hall–Kier alpha value is -2.71. The SMILES string of the molecule is COc1cc(/C=C2\C(=O)NC(=S)N(c3ccccc3C)C2=O)cc(Br)c1O. The highest BCUT2D eigenvalue weighted by atomic mass is 79.9. The summed E-state index contributed by atoms with van der Waals surface area (Å²) in [6, 6.07) is 10.4. The molecular formula is C19H15BrN2O4S. The summed E-state index contributed by atoms with van der Waals surface area (Å²) >= 11 is 8.43. The highest BCUT2D eigenvalue weighted by Crippen LogP contribution is 2.36. The zero-order valence-corrected chi connectivity index (χ0v) is 16.8. The third kappa shape index (κ3) is 3.58. The molecule has 0 spiro atoms. The minimum absolute atomic E-state index is 0.0286. The molecule has 2 aromatic rings. The number of phenols is 1. The summed E-state index contributed by atoms with van der Waals surface area (Å²) in [4.78, 5) is 26.7. The normalized spacial score (nSPS) is 15.9. The number of nitrogens with one attached hydrogen (secondary N) is 1. The Labute approximate surface area is 169 Å². The topological polar surface area (TPSA) is 78.9 Å². The van der Waals surface area contributed by atoms with E-state index in [-0.39, 0.29) is 22.2 Å². The highest BCUT2D eigenvalue weighted by molar-refractivity contribution is 9.10. The smallest absolute Gasteiger partial charge is 0.270 e. The van der Waals surface area contributed by atoms with E-state index in [1.807, 2.05) is 19.1 Å². The minimum Gasteiger partial charge on any atom is -0.503 e. The van der Waals surface area contributed by atoms with E-state index >= 15 is 0 Å². The van der Waals surface area contributed by atoms with Crippen LogP contribution in [0.3, 0.4) is 0 Å². The number of hydrogen-bond acceptors (Lipinski definition) is 5. The van der Waals surface area contributed by atoms with Crippen molar-refractivity contribution >= 4 is 56.8 Å². The van der Waals surface area contributed by atoms with Crippen molar-refractivity contribution in [3.8, 4) is 11.5 Å². The van der Waals surface area contributed by atoms with Crippen LogP contribution in [0.25, 0.3) is 6.08 Å². The number of rotatable bonds is 3. The quantitative estimate of drug-likeness (QED) is 0.429. The number of anilines is 1. The maximum Gasteiger partial charge on any atom is 0.270 e. The van der Waals surface area contributed by atoms with Crippen LogP contribution in [0.4, 0.5) is 5.69 Å². The zero-order chi connectivity index (χ0) is 19.7. The molecule has 2 aromatic carbocycles. The van der Waals surface area contributed by atoms with E-state index < -0.39 is 11.8 Å². The van der Waals surface area contributed by atoms with Crippen LogP contribution in [0.5, 0.6) is 11.5 Å². The lowest BCUT2D eigenvalue weighted by molar-refractivity contribution is -0.122. The molecule has 1 aliphatic rings. The van der Waals surface area contributed by atoms with Crippen molar-refractivity contribution in [2.45, 2.75) is 6.92 Å². The third-order valence-corrected chi connectivity index (χ3v) is 4.93. The first-order chi connectivity index (χ1) is 12.8. The average molecular weight is 447 g/mol. The van der Waals surface area contributed by atoms with Crippen LogP contribution in [0.2, 0.25) is 0 Å². The van der Waals surface area contributed by atoms with Gasteiger partial charge in [0.25, 0.3) is 11.8 Å². The number of benzene rings is 2. The summed E-state index contributed by atoms with van der Waals surface area (Å²) in [5.74, 6) is -0.966. The first-order valence-electron chi connectivity index (χ1n) is 7.87. The first-order valence-corrected chi connectivity index (χ1v) is 9.07. The molecule has 0 atom stereocenters. The molecule has 3 rings (SSSR count). The fraction of sp³-hybridized carbons (Fsp3) is 0.105. The highest BCUT2D eigenvalue weighted by Gasteiger charge is 2.35. The number of ether oxygens (including phenoxy) is 1. The second kappa shape index (κ2) is 7.50. The van der Waals surface area contributed by atoms with E-state index in [1.165, 1.54) is 24.2 Å². The van der Waals surface area contributed by atoms with Gasteiger partial charge in [0.15, 0.2) is 16.6 Å².